The second-order valence-electron chi connectivity index (χ2n) is 11.9. The molecule has 0 bridgehead atoms. The van der Waals surface area contributed by atoms with Crippen molar-refractivity contribution in [1.29, 1.82) is 0 Å². The molecule has 1 unspecified atom stereocenters. The monoisotopic (exact) mass is 605 g/mol. The number of ether oxygens (including phenoxy) is 1. The molecule has 1 saturated carbocycles. The van der Waals surface area contributed by atoms with Crippen molar-refractivity contribution >= 4 is 23.2 Å². The predicted octanol–water partition coefficient (Wildman–Crippen LogP) is 2.48. The minimum Gasteiger partial charge on any atom is -0.508 e. The number of ketones is 2. The van der Waals surface area contributed by atoms with Crippen LogP contribution in [-0.4, -0.2) is 93.6 Å². The molecule has 11 heteroatoms. The van der Waals surface area contributed by atoms with Crippen molar-refractivity contribution in [2.45, 2.75) is 44.9 Å². The first kappa shape index (κ1) is 31.2. The summed E-state index contributed by atoms with van der Waals surface area (Å²) >= 11 is 0. The highest BCUT2D eigenvalue weighted by Crippen LogP contribution is 2.54. The number of hydrogen-bond acceptors (Lipinski definition) is 10. The number of carbonyl (C=O) groups excluding carboxylic acids is 3. The van der Waals surface area contributed by atoms with Crippen LogP contribution in [0.1, 0.15) is 37.0 Å². The van der Waals surface area contributed by atoms with E-state index in [0.29, 0.717) is 23.4 Å². The minimum atomic E-state index is -2.68. The molecule has 0 spiro atoms. The number of amides is 1. The topological polar surface area (TPSA) is 174 Å². The molecule has 2 aromatic carbocycles. The maximum Gasteiger partial charge on any atom is 0.255 e. The fourth-order valence-electron chi connectivity index (χ4n) is 7.27. The summed E-state index contributed by atoms with van der Waals surface area (Å²) in [5.41, 5.74) is 4.79. The van der Waals surface area contributed by atoms with E-state index in [2.05, 4.69) is 18.7 Å². The fraction of sp³-hybridized carbons (Fsp3) is 0.424. The van der Waals surface area contributed by atoms with Crippen molar-refractivity contribution in [2.24, 2.45) is 17.6 Å². The van der Waals surface area contributed by atoms with Crippen LogP contribution in [0.3, 0.4) is 0 Å². The van der Waals surface area contributed by atoms with Crippen LogP contribution in [0.15, 0.2) is 47.2 Å². The highest BCUT2D eigenvalue weighted by atomic mass is 16.5. The molecular formula is C33H39N3O8. The molecule has 11 nitrogen and oxygen atoms in total. The second kappa shape index (κ2) is 11.4. The first-order chi connectivity index (χ1) is 20.8. The van der Waals surface area contributed by atoms with E-state index in [4.69, 9.17) is 10.5 Å². The summed E-state index contributed by atoms with van der Waals surface area (Å²) in [6.45, 7) is 6.64. The van der Waals surface area contributed by atoms with E-state index in [1.54, 1.807) is 27.3 Å². The number of Topliss-reactive ketones (excluding diaryl/α,β-unsaturated/α-hetero) is 2. The van der Waals surface area contributed by atoms with E-state index in [1.165, 1.54) is 11.0 Å². The molecule has 0 saturated heterocycles. The van der Waals surface area contributed by atoms with Gasteiger partial charge in [-0.15, -0.1) is 0 Å². The second-order valence-corrected chi connectivity index (χ2v) is 11.9. The summed E-state index contributed by atoms with van der Waals surface area (Å²) in [5, 5.41) is 45.5. The van der Waals surface area contributed by atoms with Crippen LogP contribution in [0, 0.1) is 11.8 Å². The molecule has 0 heterocycles. The number of nitrogens with zero attached hydrogens (tertiary/aromatic N) is 2. The summed E-state index contributed by atoms with van der Waals surface area (Å²) in [4.78, 5) is 43.4. The number of aromatic hydroxyl groups is 1. The SMILES string of the molecule is CCN(CC)Cc1ccc(OC)c(-c2ccc(O)c3c2C[C@H]2C[C@@H]4C(N(C)C)C(=O)C(C(N)=O)=C(O)[C@@]4(O)C(=O)C2=C3O)c1. The number of likely N-dealkylation sites (N-methyl/N-ethyl adjacent to an activating group) is 1. The Bertz CT molecular complexity index is 1620. The summed E-state index contributed by atoms with van der Waals surface area (Å²) in [6, 6.07) is 7.91. The Morgan fingerprint density at radius 3 is 2.34 bits per heavy atom. The first-order valence-corrected chi connectivity index (χ1v) is 14.7. The van der Waals surface area contributed by atoms with Gasteiger partial charge in [0.2, 0.25) is 5.78 Å². The molecule has 3 aliphatic rings. The van der Waals surface area contributed by atoms with Crippen molar-refractivity contribution in [1.82, 2.24) is 9.80 Å². The van der Waals surface area contributed by atoms with Crippen LogP contribution in [-0.2, 0) is 27.3 Å². The lowest BCUT2D eigenvalue weighted by molar-refractivity contribution is -0.153. The highest BCUT2D eigenvalue weighted by molar-refractivity contribution is 6.24. The van der Waals surface area contributed by atoms with Crippen molar-refractivity contribution < 1.29 is 39.5 Å². The molecule has 44 heavy (non-hydrogen) atoms. The lowest BCUT2D eigenvalue weighted by atomic mass is 9.57. The third kappa shape index (κ3) is 4.58. The van der Waals surface area contributed by atoms with Gasteiger partial charge in [-0.2, -0.15) is 0 Å². The molecule has 0 radical (unpaired) electrons. The quantitative estimate of drug-likeness (QED) is 0.281. The third-order valence-corrected chi connectivity index (χ3v) is 9.46. The maximum atomic E-state index is 14.1. The number of fused-ring (bicyclic) bond motifs is 3. The van der Waals surface area contributed by atoms with Crippen LogP contribution in [0.25, 0.3) is 16.9 Å². The van der Waals surface area contributed by atoms with Crippen LogP contribution in [0.2, 0.25) is 0 Å². The Kier molecular flexibility index (Phi) is 8.08. The number of hydrogen-bond donors (Lipinski definition) is 5. The van der Waals surface area contributed by atoms with Gasteiger partial charge in [0.05, 0.1) is 18.7 Å². The molecule has 0 aromatic heterocycles. The van der Waals surface area contributed by atoms with Gasteiger partial charge in [-0.1, -0.05) is 26.0 Å². The van der Waals surface area contributed by atoms with E-state index in [0.717, 1.165) is 24.2 Å². The summed E-state index contributed by atoms with van der Waals surface area (Å²) < 4.78 is 5.71. The molecule has 4 atom stereocenters. The smallest absolute Gasteiger partial charge is 0.255 e. The number of nitrogens with two attached hydrogens (primary N) is 1. The van der Waals surface area contributed by atoms with Crippen molar-refractivity contribution in [2.75, 3.05) is 34.3 Å². The number of aliphatic hydroxyl groups is 3. The van der Waals surface area contributed by atoms with Gasteiger partial charge in [0, 0.05) is 23.6 Å². The van der Waals surface area contributed by atoms with Crippen molar-refractivity contribution in [3.05, 3.63) is 63.9 Å². The number of carbonyl (C=O) groups is 3. The maximum absolute atomic E-state index is 14.1. The van der Waals surface area contributed by atoms with E-state index < -0.39 is 58.0 Å². The lowest BCUT2D eigenvalue weighted by Gasteiger charge is -2.50. The van der Waals surface area contributed by atoms with E-state index >= 15 is 0 Å². The number of phenolic OH excluding ortho intramolecular Hbond substituents is 1. The zero-order valence-corrected chi connectivity index (χ0v) is 25.5. The number of benzene rings is 2. The van der Waals surface area contributed by atoms with Gasteiger partial charge < -0.3 is 30.9 Å². The minimum absolute atomic E-state index is 0.0139. The summed E-state index contributed by atoms with van der Waals surface area (Å²) in [6.07, 6.45) is 0.196. The first-order valence-electron chi connectivity index (χ1n) is 14.7. The molecule has 0 aliphatic heterocycles. The molecule has 2 aromatic rings. The highest BCUT2D eigenvalue weighted by Gasteiger charge is 2.64. The van der Waals surface area contributed by atoms with E-state index in [-0.39, 0.29) is 29.7 Å². The Balaban J connectivity index is 1.70. The molecule has 1 fully saturated rings. The zero-order chi connectivity index (χ0) is 32.2. The van der Waals surface area contributed by atoms with Crippen molar-refractivity contribution in [3.63, 3.8) is 0 Å². The Hall–Kier alpha value is -4.19. The van der Waals surface area contributed by atoms with Crippen LogP contribution in [0.4, 0.5) is 0 Å². The Morgan fingerprint density at radius 2 is 1.75 bits per heavy atom. The number of primary amides is 1. The Morgan fingerprint density at radius 1 is 1.07 bits per heavy atom. The Labute approximate surface area is 255 Å². The lowest BCUT2D eigenvalue weighted by Crippen LogP contribution is -2.65. The molecular weight excluding hydrogens is 566 g/mol. The summed E-state index contributed by atoms with van der Waals surface area (Å²) in [5.74, 6) is -6.24. The van der Waals surface area contributed by atoms with Gasteiger partial charge in [0.15, 0.2) is 11.4 Å². The third-order valence-electron chi connectivity index (χ3n) is 9.46. The fourth-order valence-corrected chi connectivity index (χ4v) is 7.27. The van der Waals surface area contributed by atoms with Crippen LogP contribution >= 0.6 is 0 Å². The normalized spacial score (nSPS) is 24.9. The van der Waals surface area contributed by atoms with Gasteiger partial charge in [0.1, 0.15) is 28.6 Å². The zero-order valence-electron chi connectivity index (χ0n) is 25.5. The molecule has 3 aliphatic carbocycles. The van der Waals surface area contributed by atoms with Crippen LogP contribution in [0.5, 0.6) is 11.5 Å². The average molecular weight is 606 g/mol. The number of rotatable bonds is 8. The number of aliphatic hydroxyl groups excluding tert-OH is 2. The van der Waals surface area contributed by atoms with Gasteiger partial charge >= 0.3 is 0 Å². The molecule has 234 valence electrons. The van der Waals surface area contributed by atoms with Gasteiger partial charge in [-0.05, 0) is 80.8 Å². The van der Waals surface area contributed by atoms with Gasteiger partial charge in [-0.25, -0.2) is 0 Å². The molecule has 5 rings (SSSR count). The largest absolute Gasteiger partial charge is 0.508 e. The number of phenols is 1. The van der Waals surface area contributed by atoms with Gasteiger partial charge in [0.25, 0.3) is 5.91 Å². The summed E-state index contributed by atoms with van der Waals surface area (Å²) in [7, 11) is 4.70. The predicted molar refractivity (Wildman–Crippen MR) is 163 cm³/mol. The molecule has 6 N–H and O–H groups in total. The van der Waals surface area contributed by atoms with E-state index in [1.807, 2.05) is 18.2 Å². The average Bonchev–Trinajstić information content (AvgIpc) is 2.97. The van der Waals surface area contributed by atoms with Crippen molar-refractivity contribution in [3.8, 4) is 22.6 Å². The standard InChI is InChI=1S/C33H39N3O8/c1-6-36(7-2)15-16-8-11-23(44-5)19(12-16)18-9-10-22(37)25-20(18)13-17-14-21-27(35(3)4)29(39)26(32(34)42)31(41)33(21,43)30(40)24(17)28(25)38/h8-12,17,21,27,37-38,41,43H,6-7,13-15H2,1-5H3,(H2,34,42)/t17-,21+,27?,33-/m0/s1. The van der Waals surface area contributed by atoms with Crippen LogP contribution < -0.4 is 10.5 Å². The van der Waals surface area contributed by atoms with E-state index in [9.17, 15) is 34.8 Å². The number of methoxy groups -OCH3 is 1. The molecule has 1 amide bonds. The van der Waals surface area contributed by atoms with Gasteiger partial charge in [-0.3, -0.25) is 24.2 Å².